The molecule has 1 unspecified atom stereocenters. The summed E-state index contributed by atoms with van der Waals surface area (Å²) >= 11 is 0. The highest BCUT2D eigenvalue weighted by atomic mass is 14.9. The number of hydrogen-bond donors (Lipinski definition) is 1. The third-order valence-electron chi connectivity index (χ3n) is 5.17. The van der Waals surface area contributed by atoms with Gasteiger partial charge in [0.1, 0.15) is 0 Å². The van der Waals surface area contributed by atoms with E-state index in [1.54, 1.807) is 0 Å². The molecular formula is C19H39N. The van der Waals surface area contributed by atoms with Crippen molar-refractivity contribution in [3.05, 3.63) is 0 Å². The third kappa shape index (κ3) is 7.67. The number of nitrogens with one attached hydrogen (secondary N) is 1. The van der Waals surface area contributed by atoms with Gasteiger partial charge in [-0.25, -0.2) is 0 Å². The standard InChI is InChI=1S/C19H39N/c1-4-6-8-10-14-19(3,15-11-9-7-5-2)17-18-13-12-16-20-18/h18,20H,4-17H2,1-3H3. The van der Waals surface area contributed by atoms with Gasteiger partial charge in [0.15, 0.2) is 0 Å². The van der Waals surface area contributed by atoms with Gasteiger partial charge in [0.25, 0.3) is 0 Å². The van der Waals surface area contributed by atoms with Gasteiger partial charge in [-0.2, -0.15) is 0 Å². The Morgan fingerprint density at radius 2 is 1.50 bits per heavy atom. The largest absolute Gasteiger partial charge is 0.314 e. The van der Waals surface area contributed by atoms with Crippen LogP contribution in [0.1, 0.15) is 104 Å². The summed E-state index contributed by atoms with van der Waals surface area (Å²) in [5, 5.41) is 3.72. The van der Waals surface area contributed by atoms with Crippen LogP contribution in [0.3, 0.4) is 0 Å². The second-order valence-corrected chi connectivity index (χ2v) is 7.43. The van der Waals surface area contributed by atoms with E-state index in [9.17, 15) is 0 Å². The first-order valence-corrected chi connectivity index (χ1v) is 9.43. The van der Waals surface area contributed by atoms with E-state index in [1.165, 1.54) is 90.0 Å². The monoisotopic (exact) mass is 281 g/mol. The van der Waals surface area contributed by atoms with Gasteiger partial charge < -0.3 is 5.32 Å². The van der Waals surface area contributed by atoms with E-state index in [1.807, 2.05) is 0 Å². The van der Waals surface area contributed by atoms with Gasteiger partial charge in [-0.3, -0.25) is 0 Å². The molecule has 0 amide bonds. The van der Waals surface area contributed by atoms with Crippen molar-refractivity contribution >= 4 is 0 Å². The molecule has 1 heteroatoms. The van der Waals surface area contributed by atoms with E-state index in [0.29, 0.717) is 5.41 Å². The lowest BCUT2D eigenvalue weighted by atomic mass is 9.75. The molecule has 1 N–H and O–H groups in total. The second-order valence-electron chi connectivity index (χ2n) is 7.43. The maximum Gasteiger partial charge on any atom is 0.00727 e. The van der Waals surface area contributed by atoms with Crippen LogP contribution in [0.4, 0.5) is 0 Å². The Morgan fingerprint density at radius 3 is 1.95 bits per heavy atom. The molecule has 120 valence electrons. The fourth-order valence-corrected chi connectivity index (χ4v) is 3.81. The Labute approximate surface area is 128 Å². The Morgan fingerprint density at radius 1 is 0.900 bits per heavy atom. The van der Waals surface area contributed by atoms with Crippen LogP contribution in [0.2, 0.25) is 0 Å². The fourth-order valence-electron chi connectivity index (χ4n) is 3.81. The van der Waals surface area contributed by atoms with E-state index in [4.69, 9.17) is 0 Å². The van der Waals surface area contributed by atoms with Gasteiger partial charge in [0, 0.05) is 6.04 Å². The molecule has 1 nitrogen and oxygen atoms in total. The Kier molecular flexibility index (Phi) is 9.59. The topological polar surface area (TPSA) is 12.0 Å². The van der Waals surface area contributed by atoms with Crippen LogP contribution in [0.25, 0.3) is 0 Å². The Bertz CT molecular complexity index is 206. The molecule has 0 saturated carbocycles. The van der Waals surface area contributed by atoms with Gasteiger partial charge in [0.05, 0.1) is 0 Å². The SMILES string of the molecule is CCCCCCC(C)(CCCCCC)CC1CCCN1. The molecule has 1 heterocycles. The molecule has 1 atom stereocenters. The Balaban J connectivity index is 2.33. The van der Waals surface area contributed by atoms with Crippen molar-refractivity contribution in [2.45, 2.75) is 110 Å². The molecule has 1 saturated heterocycles. The summed E-state index contributed by atoms with van der Waals surface area (Å²) in [6.45, 7) is 8.45. The summed E-state index contributed by atoms with van der Waals surface area (Å²) in [7, 11) is 0. The summed E-state index contributed by atoms with van der Waals surface area (Å²) in [4.78, 5) is 0. The first kappa shape index (κ1) is 18.0. The van der Waals surface area contributed by atoms with Crippen molar-refractivity contribution < 1.29 is 0 Å². The molecule has 0 radical (unpaired) electrons. The van der Waals surface area contributed by atoms with Crippen LogP contribution in [-0.4, -0.2) is 12.6 Å². The van der Waals surface area contributed by atoms with Crippen molar-refractivity contribution in [2.24, 2.45) is 5.41 Å². The highest BCUT2D eigenvalue weighted by Gasteiger charge is 2.28. The molecule has 0 aromatic heterocycles. The second kappa shape index (κ2) is 10.7. The van der Waals surface area contributed by atoms with E-state index in [0.717, 1.165) is 6.04 Å². The minimum absolute atomic E-state index is 0.601. The zero-order valence-corrected chi connectivity index (χ0v) is 14.5. The van der Waals surface area contributed by atoms with Gasteiger partial charge in [0.2, 0.25) is 0 Å². The minimum atomic E-state index is 0.601. The van der Waals surface area contributed by atoms with Crippen LogP contribution in [0.15, 0.2) is 0 Å². The highest BCUT2D eigenvalue weighted by Crippen LogP contribution is 2.37. The van der Waals surface area contributed by atoms with E-state index in [2.05, 4.69) is 26.1 Å². The van der Waals surface area contributed by atoms with Gasteiger partial charge in [-0.15, -0.1) is 0 Å². The molecule has 0 aliphatic carbocycles. The maximum absolute atomic E-state index is 3.72. The quantitative estimate of drug-likeness (QED) is 0.428. The van der Waals surface area contributed by atoms with Crippen LogP contribution in [0.5, 0.6) is 0 Å². The summed E-state index contributed by atoms with van der Waals surface area (Å²) in [6, 6.07) is 0.817. The fraction of sp³-hybridized carbons (Fsp3) is 1.00. The van der Waals surface area contributed by atoms with Crippen molar-refractivity contribution in [1.82, 2.24) is 5.32 Å². The van der Waals surface area contributed by atoms with Crippen LogP contribution in [0, 0.1) is 5.41 Å². The van der Waals surface area contributed by atoms with Crippen LogP contribution < -0.4 is 5.32 Å². The average molecular weight is 282 g/mol. The molecule has 1 aliphatic heterocycles. The third-order valence-corrected chi connectivity index (χ3v) is 5.17. The lowest BCUT2D eigenvalue weighted by molar-refractivity contribution is 0.207. The minimum Gasteiger partial charge on any atom is -0.314 e. The number of hydrogen-bond acceptors (Lipinski definition) is 1. The lowest BCUT2D eigenvalue weighted by Crippen LogP contribution is -2.30. The highest BCUT2D eigenvalue weighted by molar-refractivity contribution is 4.84. The van der Waals surface area contributed by atoms with Crippen molar-refractivity contribution in [3.63, 3.8) is 0 Å². The summed E-state index contributed by atoms with van der Waals surface area (Å²) in [5.74, 6) is 0. The van der Waals surface area contributed by atoms with Crippen molar-refractivity contribution in [3.8, 4) is 0 Å². The van der Waals surface area contributed by atoms with Crippen LogP contribution >= 0.6 is 0 Å². The van der Waals surface area contributed by atoms with Gasteiger partial charge in [-0.1, -0.05) is 72.1 Å². The first-order chi connectivity index (χ1) is 9.70. The molecule has 1 rings (SSSR count). The normalized spacial score (nSPS) is 19.6. The smallest absolute Gasteiger partial charge is 0.00727 e. The molecular weight excluding hydrogens is 242 g/mol. The summed E-state index contributed by atoms with van der Waals surface area (Å²) < 4.78 is 0. The summed E-state index contributed by atoms with van der Waals surface area (Å²) in [5.41, 5.74) is 0.601. The van der Waals surface area contributed by atoms with E-state index in [-0.39, 0.29) is 0 Å². The maximum atomic E-state index is 3.72. The summed E-state index contributed by atoms with van der Waals surface area (Å²) in [6.07, 6.45) is 18.5. The van der Waals surface area contributed by atoms with E-state index >= 15 is 0 Å². The zero-order chi connectivity index (χ0) is 14.7. The molecule has 1 fully saturated rings. The lowest BCUT2D eigenvalue weighted by Gasteiger charge is -2.33. The van der Waals surface area contributed by atoms with Gasteiger partial charge in [-0.05, 0) is 44.1 Å². The molecule has 0 spiro atoms. The molecule has 20 heavy (non-hydrogen) atoms. The first-order valence-electron chi connectivity index (χ1n) is 9.43. The van der Waals surface area contributed by atoms with Gasteiger partial charge >= 0.3 is 0 Å². The molecule has 1 aliphatic rings. The number of unbranched alkanes of at least 4 members (excludes halogenated alkanes) is 6. The molecule has 0 aromatic carbocycles. The average Bonchev–Trinajstić information content (AvgIpc) is 2.93. The molecule has 0 bridgehead atoms. The predicted octanol–water partition coefficient (Wildman–Crippen LogP) is 6.08. The predicted molar refractivity (Wildman–Crippen MR) is 91.3 cm³/mol. The van der Waals surface area contributed by atoms with E-state index < -0.39 is 0 Å². The van der Waals surface area contributed by atoms with Crippen molar-refractivity contribution in [2.75, 3.05) is 6.54 Å². The van der Waals surface area contributed by atoms with Crippen LogP contribution in [-0.2, 0) is 0 Å². The van der Waals surface area contributed by atoms with Crippen molar-refractivity contribution in [1.29, 1.82) is 0 Å². The Hall–Kier alpha value is -0.0400. The zero-order valence-electron chi connectivity index (χ0n) is 14.5. The number of rotatable bonds is 12. The molecule has 0 aromatic rings.